The molecule has 1 aromatic carbocycles. The van der Waals surface area contributed by atoms with Gasteiger partial charge < -0.3 is 5.32 Å². The number of benzene rings is 1. The van der Waals surface area contributed by atoms with Crippen molar-refractivity contribution < 1.29 is 4.79 Å². The van der Waals surface area contributed by atoms with Crippen molar-refractivity contribution >= 4 is 22.4 Å². The van der Waals surface area contributed by atoms with Crippen molar-refractivity contribution in [2.24, 2.45) is 11.8 Å². The lowest BCUT2D eigenvalue weighted by molar-refractivity contribution is -0.119. The van der Waals surface area contributed by atoms with Crippen LogP contribution < -0.4 is 5.32 Å². The summed E-state index contributed by atoms with van der Waals surface area (Å²) < 4.78 is 0. The zero-order valence-corrected chi connectivity index (χ0v) is 13.6. The third-order valence-corrected chi connectivity index (χ3v) is 4.19. The molecule has 0 spiro atoms. The van der Waals surface area contributed by atoms with Gasteiger partial charge in [-0.15, -0.1) is 11.3 Å². The highest BCUT2D eigenvalue weighted by Gasteiger charge is 2.15. The molecule has 2 aromatic rings. The minimum Gasteiger partial charge on any atom is -0.302 e. The molecule has 0 aliphatic heterocycles. The summed E-state index contributed by atoms with van der Waals surface area (Å²) >= 11 is 1.47. The van der Waals surface area contributed by atoms with E-state index in [1.807, 2.05) is 42.6 Å². The Labute approximate surface area is 130 Å². The van der Waals surface area contributed by atoms with E-state index in [4.69, 9.17) is 0 Å². The molecule has 0 saturated carbocycles. The zero-order valence-electron chi connectivity index (χ0n) is 12.8. The molecule has 1 N–H and O–H groups in total. The van der Waals surface area contributed by atoms with Crippen molar-refractivity contribution in [1.82, 2.24) is 4.98 Å². The summed E-state index contributed by atoms with van der Waals surface area (Å²) in [6.45, 7) is 6.33. The number of anilines is 1. The first-order valence-electron chi connectivity index (χ1n) is 7.38. The van der Waals surface area contributed by atoms with E-state index >= 15 is 0 Å². The van der Waals surface area contributed by atoms with Crippen molar-refractivity contribution in [2.45, 2.75) is 33.6 Å². The number of nitrogens with one attached hydrogen (secondary N) is 1. The third-order valence-electron chi connectivity index (χ3n) is 3.43. The summed E-state index contributed by atoms with van der Waals surface area (Å²) in [5, 5.41) is 5.58. The van der Waals surface area contributed by atoms with Gasteiger partial charge >= 0.3 is 0 Å². The smallest absolute Gasteiger partial charge is 0.228 e. The minimum atomic E-state index is 0.0245. The number of carbonyl (C=O) groups excluding carboxylic acids is 1. The normalized spacial score (nSPS) is 12.4. The van der Waals surface area contributed by atoms with Gasteiger partial charge in [-0.1, -0.05) is 57.5 Å². The monoisotopic (exact) mass is 302 g/mol. The average Bonchev–Trinajstić information content (AvgIpc) is 2.94. The molecule has 0 aliphatic carbocycles. The van der Waals surface area contributed by atoms with E-state index in [0.29, 0.717) is 11.0 Å². The molecule has 112 valence electrons. The quantitative estimate of drug-likeness (QED) is 0.831. The van der Waals surface area contributed by atoms with E-state index in [2.05, 4.69) is 24.1 Å². The van der Waals surface area contributed by atoms with E-state index < -0.39 is 0 Å². The molecule has 0 radical (unpaired) electrons. The molecule has 3 nitrogen and oxygen atoms in total. The zero-order chi connectivity index (χ0) is 15.2. The number of carbonyl (C=O) groups is 1. The second kappa shape index (κ2) is 7.36. The van der Waals surface area contributed by atoms with Crippen molar-refractivity contribution in [3.63, 3.8) is 0 Å². The maximum atomic E-state index is 12.1. The van der Waals surface area contributed by atoms with Crippen molar-refractivity contribution in [3.8, 4) is 11.3 Å². The van der Waals surface area contributed by atoms with E-state index in [0.717, 1.165) is 24.1 Å². The molecular weight excluding hydrogens is 280 g/mol. The molecule has 21 heavy (non-hydrogen) atoms. The summed E-state index contributed by atoms with van der Waals surface area (Å²) in [4.78, 5) is 16.6. The molecule has 1 aromatic heterocycles. The first-order valence-corrected chi connectivity index (χ1v) is 8.26. The van der Waals surface area contributed by atoms with Gasteiger partial charge in [0.05, 0.1) is 5.69 Å². The number of nitrogens with zero attached hydrogens (tertiary/aromatic N) is 1. The van der Waals surface area contributed by atoms with Crippen LogP contribution in [0.25, 0.3) is 11.3 Å². The lowest BCUT2D eigenvalue weighted by atomic mass is 9.99. The summed E-state index contributed by atoms with van der Waals surface area (Å²) in [6.07, 6.45) is 1.99. The van der Waals surface area contributed by atoms with Crippen LogP contribution in [0.3, 0.4) is 0 Å². The Balaban J connectivity index is 1.95. The van der Waals surface area contributed by atoms with Crippen molar-refractivity contribution in [1.29, 1.82) is 0 Å². The molecule has 2 rings (SSSR count). The second-order valence-corrected chi connectivity index (χ2v) is 6.62. The Morgan fingerprint density at radius 2 is 1.90 bits per heavy atom. The lowest BCUT2D eigenvalue weighted by Gasteiger charge is -2.11. The van der Waals surface area contributed by atoms with Crippen LogP contribution in [0, 0.1) is 11.8 Å². The maximum absolute atomic E-state index is 12.1. The van der Waals surface area contributed by atoms with Gasteiger partial charge in [0.25, 0.3) is 0 Å². The fraction of sp³-hybridized carbons (Fsp3) is 0.412. The van der Waals surface area contributed by atoms with E-state index in [1.54, 1.807) is 0 Å². The van der Waals surface area contributed by atoms with Crippen molar-refractivity contribution in [2.75, 3.05) is 5.32 Å². The summed E-state index contributed by atoms with van der Waals surface area (Å²) in [7, 11) is 0. The Kier molecular flexibility index (Phi) is 5.51. The molecule has 0 saturated heterocycles. The SMILES string of the molecule is CC(C)CCC(C)C(=O)Nc1nc(-c2ccccc2)cs1. The number of hydrogen-bond donors (Lipinski definition) is 1. The minimum absolute atomic E-state index is 0.0245. The van der Waals surface area contributed by atoms with Gasteiger partial charge in [-0.25, -0.2) is 4.98 Å². The Morgan fingerprint density at radius 1 is 1.19 bits per heavy atom. The number of rotatable bonds is 6. The van der Waals surface area contributed by atoms with Gasteiger partial charge in [-0.2, -0.15) is 0 Å². The van der Waals surface area contributed by atoms with Crippen LogP contribution in [0.15, 0.2) is 35.7 Å². The Hall–Kier alpha value is -1.68. The fourth-order valence-electron chi connectivity index (χ4n) is 2.02. The van der Waals surface area contributed by atoms with Gasteiger partial charge in [0, 0.05) is 16.9 Å². The standard InChI is InChI=1S/C17H22N2OS/c1-12(2)9-10-13(3)16(20)19-17-18-15(11-21-17)14-7-5-4-6-8-14/h4-8,11-13H,9-10H2,1-3H3,(H,18,19,20). The highest BCUT2D eigenvalue weighted by Crippen LogP contribution is 2.25. The predicted octanol–water partition coefficient (Wildman–Crippen LogP) is 4.82. The third kappa shape index (κ3) is 4.67. The molecular formula is C17H22N2OS. The molecule has 1 unspecified atom stereocenters. The summed E-state index contributed by atoms with van der Waals surface area (Å²) in [5.41, 5.74) is 1.98. The molecule has 4 heteroatoms. The number of amides is 1. The van der Waals surface area contributed by atoms with Crippen LogP contribution in [-0.4, -0.2) is 10.9 Å². The van der Waals surface area contributed by atoms with Crippen LogP contribution in [0.2, 0.25) is 0 Å². The molecule has 0 aliphatic rings. The first kappa shape index (κ1) is 15.7. The van der Waals surface area contributed by atoms with Gasteiger partial charge in [0.2, 0.25) is 5.91 Å². The van der Waals surface area contributed by atoms with Gasteiger partial charge in [-0.05, 0) is 12.3 Å². The van der Waals surface area contributed by atoms with Crippen LogP contribution in [-0.2, 0) is 4.79 Å². The molecule has 1 amide bonds. The number of thiazole rings is 1. The Morgan fingerprint density at radius 3 is 2.57 bits per heavy atom. The van der Waals surface area contributed by atoms with Crippen LogP contribution in [0.5, 0.6) is 0 Å². The predicted molar refractivity (Wildman–Crippen MR) is 89.4 cm³/mol. The van der Waals surface area contributed by atoms with E-state index in [9.17, 15) is 4.79 Å². The first-order chi connectivity index (χ1) is 10.1. The molecule has 1 atom stereocenters. The summed E-state index contributed by atoms with van der Waals surface area (Å²) in [6, 6.07) is 9.99. The molecule has 0 fully saturated rings. The number of hydrogen-bond acceptors (Lipinski definition) is 3. The van der Waals surface area contributed by atoms with Crippen LogP contribution in [0.1, 0.15) is 33.6 Å². The molecule has 1 heterocycles. The van der Waals surface area contributed by atoms with Crippen LogP contribution >= 0.6 is 11.3 Å². The Bertz CT molecular complexity index is 577. The van der Waals surface area contributed by atoms with E-state index in [-0.39, 0.29) is 11.8 Å². The van der Waals surface area contributed by atoms with Crippen LogP contribution in [0.4, 0.5) is 5.13 Å². The highest BCUT2D eigenvalue weighted by molar-refractivity contribution is 7.14. The fourth-order valence-corrected chi connectivity index (χ4v) is 2.74. The highest BCUT2D eigenvalue weighted by atomic mass is 32.1. The van der Waals surface area contributed by atoms with Gasteiger partial charge in [0.15, 0.2) is 5.13 Å². The second-order valence-electron chi connectivity index (χ2n) is 5.77. The van der Waals surface area contributed by atoms with Gasteiger partial charge in [-0.3, -0.25) is 4.79 Å². The van der Waals surface area contributed by atoms with Crippen molar-refractivity contribution in [3.05, 3.63) is 35.7 Å². The topological polar surface area (TPSA) is 42.0 Å². The number of aromatic nitrogens is 1. The average molecular weight is 302 g/mol. The summed E-state index contributed by atoms with van der Waals surface area (Å²) in [5.74, 6) is 0.714. The largest absolute Gasteiger partial charge is 0.302 e. The lowest BCUT2D eigenvalue weighted by Crippen LogP contribution is -2.20. The van der Waals surface area contributed by atoms with Gasteiger partial charge in [0.1, 0.15) is 0 Å². The molecule has 0 bridgehead atoms. The van der Waals surface area contributed by atoms with E-state index in [1.165, 1.54) is 11.3 Å². The maximum Gasteiger partial charge on any atom is 0.228 e.